The molecule has 0 saturated carbocycles. The molecule has 0 fully saturated rings. The van der Waals surface area contributed by atoms with Crippen LogP contribution in [0.15, 0.2) is 12.1 Å². The van der Waals surface area contributed by atoms with E-state index in [0.717, 1.165) is 0 Å². The van der Waals surface area contributed by atoms with Gasteiger partial charge < -0.3 is 11.1 Å². The number of nitro groups is 1. The highest BCUT2D eigenvalue weighted by atomic mass is 35.5. The molecule has 0 aliphatic rings. The molecule has 0 heterocycles. The Morgan fingerprint density at radius 2 is 2.18 bits per heavy atom. The first kappa shape index (κ1) is 14.2. The molecular weight excluding hydrogens is 265 g/mol. The standard InChI is InChI=1S/C10H13Cl2N3O2/c1-6(4-13)14-5-7-2-8(11)3-9(10(7)12)15(16)17/h2-3,6,14H,4-5,13H2,1H3/t6-/m0/s1. The zero-order valence-corrected chi connectivity index (χ0v) is 10.8. The highest BCUT2D eigenvalue weighted by Gasteiger charge is 2.17. The summed E-state index contributed by atoms with van der Waals surface area (Å²) in [4.78, 5) is 10.2. The van der Waals surface area contributed by atoms with E-state index in [2.05, 4.69) is 5.32 Å². The average molecular weight is 278 g/mol. The van der Waals surface area contributed by atoms with Gasteiger partial charge in [0.1, 0.15) is 5.02 Å². The predicted molar refractivity (Wildman–Crippen MR) is 68.5 cm³/mol. The average Bonchev–Trinajstić information content (AvgIpc) is 2.28. The number of hydrogen-bond acceptors (Lipinski definition) is 4. The molecule has 0 radical (unpaired) electrons. The summed E-state index contributed by atoms with van der Waals surface area (Å²) in [6.45, 7) is 2.77. The number of hydrogen-bond donors (Lipinski definition) is 2. The van der Waals surface area contributed by atoms with Gasteiger partial charge in [-0.1, -0.05) is 23.2 Å². The summed E-state index contributed by atoms with van der Waals surface area (Å²) in [5.41, 5.74) is 5.86. The summed E-state index contributed by atoms with van der Waals surface area (Å²) in [6.07, 6.45) is 0. The molecule has 1 aromatic carbocycles. The second-order valence-corrected chi connectivity index (χ2v) is 4.49. The molecule has 1 aromatic rings. The lowest BCUT2D eigenvalue weighted by molar-refractivity contribution is -0.384. The van der Waals surface area contributed by atoms with E-state index >= 15 is 0 Å². The highest BCUT2D eigenvalue weighted by molar-refractivity contribution is 6.35. The Balaban J connectivity index is 2.95. The van der Waals surface area contributed by atoms with E-state index < -0.39 is 4.92 Å². The molecule has 94 valence electrons. The Kier molecular flexibility index (Phi) is 5.14. The maximum atomic E-state index is 10.7. The van der Waals surface area contributed by atoms with Gasteiger partial charge in [0.15, 0.2) is 0 Å². The van der Waals surface area contributed by atoms with Gasteiger partial charge in [-0.25, -0.2) is 0 Å². The van der Waals surface area contributed by atoms with Crippen LogP contribution in [0.1, 0.15) is 12.5 Å². The first-order chi connectivity index (χ1) is 7.95. The highest BCUT2D eigenvalue weighted by Crippen LogP contribution is 2.31. The molecule has 0 aromatic heterocycles. The van der Waals surface area contributed by atoms with Crippen LogP contribution in [0, 0.1) is 10.1 Å². The minimum Gasteiger partial charge on any atom is -0.329 e. The smallest absolute Gasteiger partial charge is 0.289 e. The number of nitrogens with zero attached hydrogens (tertiary/aromatic N) is 1. The SMILES string of the molecule is C[C@@H](CN)NCc1cc(Cl)cc([N+](=O)[O-])c1Cl. The van der Waals surface area contributed by atoms with Crippen molar-refractivity contribution < 1.29 is 4.92 Å². The van der Waals surface area contributed by atoms with E-state index in [4.69, 9.17) is 28.9 Å². The molecule has 0 bridgehead atoms. The van der Waals surface area contributed by atoms with E-state index in [-0.39, 0.29) is 16.8 Å². The van der Waals surface area contributed by atoms with Crippen molar-refractivity contribution in [2.75, 3.05) is 6.54 Å². The van der Waals surface area contributed by atoms with Crippen LogP contribution in [0.5, 0.6) is 0 Å². The lowest BCUT2D eigenvalue weighted by Crippen LogP contribution is -2.32. The van der Waals surface area contributed by atoms with Crippen LogP contribution in [-0.4, -0.2) is 17.5 Å². The van der Waals surface area contributed by atoms with Gasteiger partial charge in [-0.05, 0) is 18.6 Å². The van der Waals surface area contributed by atoms with Crippen LogP contribution in [0.25, 0.3) is 0 Å². The number of halogens is 2. The lowest BCUT2D eigenvalue weighted by atomic mass is 10.2. The number of nitrogens with one attached hydrogen (secondary N) is 1. The van der Waals surface area contributed by atoms with E-state index in [0.29, 0.717) is 23.7 Å². The van der Waals surface area contributed by atoms with Crippen molar-refractivity contribution >= 4 is 28.9 Å². The van der Waals surface area contributed by atoms with Crippen molar-refractivity contribution in [1.82, 2.24) is 5.32 Å². The van der Waals surface area contributed by atoms with Gasteiger partial charge in [0.25, 0.3) is 5.69 Å². The van der Waals surface area contributed by atoms with Crippen molar-refractivity contribution in [2.24, 2.45) is 5.73 Å². The maximum Gasteiger partial charge on any atom is 0.289 e. The minimum atomic E-state index is -0.552. The topological polar surface area (TPSA) is 81.2 Å². The van der Waals surface area contributed by atoms with Gasteiger partial charge in [0, 0.05) is 30.2 Å². The second-order valence-electron chi connectivity index (χ2n) is 3.67. The van der Waals surface area contributed by atoms with Gasteiger partial charge in [-0.3, -0.25) is 10.1 Å². The first-order valence-corrected chi connectivity index (χ1v) is 5.77. The van der Waals surface area contributed by atoms with Crippen LogP contribution >= 0.6 is 23.2 Å². The van der Waals surface area contributed by atoms with Crippen molar-refractivity contribution in [2.45, 2.75) is 19.5 Å². The third kappa shape index (κ3) is 3.81. The van der Waals surface area contributed by atoms with Crippen molar-refractivity contribution in [3.63, 3.8) is 0 Å². The summed E-state index contributed by atoms with van der Waals surface area (Å²) in [5, 5.41) is 14.2. The molecule has 0 aliphatic carbocycles. The van der Waals surface area contributed by atoms with Gasteiger partial charge in [0.05, 0.1) is 4.92 Å². The quantitative estimate of drug-likeness (QED) is 0.639. The van der Waals surface area contributed by atoms with Gasteiger partial charge in [0.2, 0.25) is 0 Å². The molecule has 0 spiro atoms. The van der Waals surface area contributed by atoms with E-state index in [1.54, 1.807) is 6.07 Å². The molecule has 1 rings (SSSR count). The monoisotopic (exact) mass is 277 g/mol. The van der Waals surface area contributed by atoms with Gasteiger partial charge in [-0.15, -0.1) is 0 Å². The van der Waals surface area contributed by atoms with Crippen LogP contribution in [-0.2, 0) is 6.54 Å². The minimum absolute atomic E-state index is 0.101. The van der Waals surface area contributed by atoms with Crippen LogP contribution in [0.3, 0.4) is 0 Å². The van der Waals surface area contributed by atoms with Crippen LogP contribution in [0.4, 0.5) is 5.69 Å². The fourth-order valence-corrected chi connectivity index (χ4v) is 1.74. The molecule has 17 heavy (non-hydrogen) atoms. The predicted octanol–water partition coefficient (Wildman–Crippen LogP) is 2.34. The van der Waals surface area contributed by atoms with Crippen molar-refractivity contribution in [3.8, 4) is 0 Å². The molecular formula is C10H13Cl2N3O2. The summed E-state index contributed by atoms with van der Waals surface area (Å²) >= 11 is 11.7. The molecule has 1 atom stereocenters. The Labute approximate surface area is 109 Å². The van der Waals surface area contributed by atoms with E-state index in [9.17, 15) is 10.1 Å². The fourth-order valence-electron chi connectivity index (χ4n) is 1.26. The van der Waals surface area contributed by atoms with E-state index in [1.807, 2.05) is 6.92 Å². The zero-order valence-electron chi connectivity index (χ0n) is 9.24. The number of nitro benzene ring substituents is 1. The molecule has 0 unspecified atom stereocenters. The van der Waals surface area contributed by atoms with Crippen molar-refractivity contribution in [1.29, 1.82) is 0 Å². The summed E-state index contributed by atoms with van der Waals surface area (Å²) in [5.74, 6) is 0. The summed E-state index contributed by atoms with van der Waals surface area (Å²) < 4.78 is 0. The Hall–Kier alpha value is -0.880. The maximum absolute atomic E-state index is 10.7. The molecule has 7 heteroatoms. The molecule has 0 aliphatic heterocycles. The normalized spacial score (nSPS) is 12.5. The third-order valence-electron chi connectivity index (χ3n) is 2.28. The Morgan fingerprint density at radius 3 is 2.71 bits per heavy atom. The molecule has 0 amide bonds. The largest absolute Gasteiger partial charge is 0.329 e. The lowest BCUT2D eigenvalue weighted by Gasteiger charge is -2.12. The van der Waals surface area contributed by atoms with Crippen LogP contribution in [0.2, 0.25) is 10.0 Å². The molecule has 5 nitrogen and oxygen atoms in total. The summed E-state index contributed by atoms with van der Waals surface area (Å²) in [7, 11) is 0. The zero-order chi connectivity index (χ0) is 13.0. The fraction of sp³-hybridized carbons (Fsp3) is 0.400. The van der Waals surface area contributed by atoms with Gasteiger partial charge in [-0.2, -0.15) is 0 Å². The van der Waals surface area contributed by atoms with E-state index in [1.165, 1.54) is 6.07 Å². The van der Waals surface area contributed by atoms with Gasteiger partial charge >= 0.3 is 0 Å². The second kappa shape index (κ2) is 6.16. The Morgan fingerprint density at radius 1 is 1.53 bits per heavy atom. The van der Waals surface area contributed by atoms with Crippen LogP contribution < -0.4 is 11.1 Å². The molecule has 3 N–H and O–H groups in total. The summed E-state index contributed by atoms with van der Waals surface area (Å²) in [6, 6.07) is 2.94. The first-order valence-electron chi connectivity index (χ1n) is 5.01. The number of rotatable bonds is 5. The number of benzene rings is 1. The third-order valence-corrected chi connectivity index (χ3v) is 2.94. The molecule has 0 saturated heterocycles. The Bertz CT molecular complexity index is 426. The number of nitrogens with two attached hydrogens (primary N) is 1. The van der Waals surface area contributed by atoms with Crippen molar-refractivity contribution in [3.05, 3.63) is 37.9 Å².